The summed E-state index contributed by atoms with van der Waals surface area (Å²) in [6.07, 6.45) is 1.52. The molecule has 1 aliphatic heterocycles. The summed E-state index contributed by atoms with van der Waals surface area (Å²) in [5, 5.41) is 0. The van der Waals surface area contributed by atoms with E-state index < -0.39 is 9.84 Å². The van der Waals surface area contributed by atoms with Crippen LogP contribution in [0.4, 0.5) is 0 Å². The maximum Gasteiger partial charge on any atom is 0.309 e. The van der Waals surface area contributed by atoms with Gasteiger partial charge in [-0.3, -0.25) is 9.69 Å². The molecule has 3 rings (SSSR count). The summed E-state index contributed by atoms with van der Waals surface area (Å²) >= 11 is 0. The number of carbonyl (C=O) groups is 1. The first-order chi connectivity index (χ1) is 10.5. The highest BCUT2D eigenvalue weighted by Crippen LogP contribution is 2.27. The molecule has 0 radical (unpaired) electrons. The molecular weight excluding hydrogens is 302 g/mol. The van der Waals surface area contributed by atoms with Crippen molar-refractivity contribution in [3.63, 3.8) is 0 Å². The van der Waals surface area contributed by atoms with Gasteiger partial charge in [-0.25, -0.2) is 8.42 Å². The van der Waals surface area contributed by atoms with Crippen molar-refractivity contribution in [1.82, 2.24) is 4.90 Å². The van der Waals surface area contributed by atoms with Crippen molar-refractivity contribution in [2.24, 2.45) is 5.92 Å². The van der Waals surface area contributed by atoms with Crippen LogP contribution in [0.2, 0.25) is 0 Å². The Labute approximate surface area is 131 Å². The Morgan fingerprint density at radius 3 is 2.32 bits per heavy atom. The quantitative estimate of drug-likeness (QED) is 0.762. The van der Waals surface area contributed by atoms with Crippen molar-refractivity contribution >= 4 is 15.8 Å². The Morgan fingerprint density at radius 2 is 1.73 bits per heavy atom. The van der Waals surface area contributed by atoms with Crippen LogP contribution in [0.3, 0.4) is 0 Å². The molecule has 1 aromatic rings. The topological polar surface area (TPSA) is 63.7 Å². The van der Waals surface area contributed by atoms with E-state index in [1.807, 2.05) is 17.0 Å². The normalized spacial score (nSPS) is 21.5. The molecule has 0 bridgehead atoms. The zero-order valence-electron chi connectivity index (χ0n) is 12.5. The van der Waals surface area contributed by atoms with Gasteiger partial charge in [0.1, 0.15) is 6.61 Å². The Hall–Kier alpha value is -1.40. The number of hydrogen-bond donors (Lipinski definition) is 0. The van der Waals surface area contributed by atoms with Crippen LogP contribution in [-0.4, -0.2) is 57.0 Å². The van der Waals surface area contributed by atoms with Gasteiger partial charge in [-0.05, 0) is 24.0 Å². The Bertz CT molecular complexity index is 617. The number of fused-ring (bicyclic) bond motifs is 1. The Morgan fingerprint density at radius 1 is 1.14 bits per heavy atom. The zero-order chi connectivity index (χ0) is 15.6. The third kappa shape index (κ3) is 3.67. The van der Waals surface area contributed by atoms with Crippen LogP contribution in [-0.2, 0) is 32.2 Å². The second kappa shape index (κ2) is 6.38. The Balaban J connectivity index is 1.41. The molecule has 0 spiro atoms. The van der Waals surface area contributed by atoms with Crippen molar-refractivity contribution in [2.45, 2.75) is 12.8 Å². The predicted molar refractivity (Wildman–Crippen MR) is 83.4 cm³/mol. The maximum atomic E-state index is 12.1. The highest BCUT2D eigenvalue weighted by Gasteiger charge is 2.28. The number of sulfone groups is 1. The van der Waals surface area contributed by atoms with Gasteiger partial charge in [0.15, 0.2) is 9.84 Å². The highest BCUT2D eigenvalue weighted by atomic mass is 32.2. The molecule has 0 saturated carbocycles. The van der Waals surface area contributed by atoms with Crippen LogP contribution >= 0.6 is 0 Å². The summed E-state index contributed by atoms with van der Waals surface area (Å²) in [4.78, 5) is 14.2. The molecule has 2 aliphatic rings. The van der Waals surface area contributed by atoms with Crippen LogP contribution in [0, 0.1) is 5.92 Å². The van der Waals surface area contributed by atoms with E-state index in [9.17, 15) is 13.2 Å². The molecule has 0 amide bonds. The van der Waals surface area contributed by atoms with E-state index in [1.165, 1.54) is 11.1 Å². The number of esters is 1. The molecule has 0 atom stereocenters. The number of rotatable bonds is 4. The summed E-state index contributed by atoms with van der Waals surface area (Å²) < 4.78 is 28.1. The van der Waals surface area contributed by atoms with E-state index in [-0.39, 0.29) is 23.4 Å². The second-order valence-corrected chi connectivity index (χ2v) is 8.34. The molecule has 0 aromatic heterocycles. The van der Waals surface area contributed by atoms with Gasteiger partial charge >= 0.3 is 5.97 Å². The summed E-state index contributed by atoms with van der Waals surface area (Å²) in [6, 6.07) is 8.13. The van der Waals surface area contributed by atoms with Gasteiger partial charge in [-0.1, -0.05) is 24.3 Å². The number of benzene rings is 1. The van der Waals surface area contributed by atoms with Crippen molar-refractivity contribution in [3.05, 3.63) is 35.4 Å². The minimum atomic E-state index is -2.85. The van der Waals surface area contributed by atoms with Crippen LogP contribution in [0.15, 0.2) is 24.3 Å². The SMILES string of the molecule is O=C(OCCN1CCS(=O)(=O)CC1)C1Cc2ccccc2C1. The van der Waals surface area contributed by atoms with Gasteiger partial charge in [0.2, 0.25) is 0 Å². The minimum absolute atomic E-state index is 0.0702. The lowest BCUT2D eigenvalue weighted by atomic mass is 10.1. The van der Waals surface area contributed by atoms with E-state index in [0.29, 0.717) is 26.2 Å². The third-order valence-electron chi connectivity index (χ3n) is 4.47. The molecule has 1 heterocycles. The van der Waals surface area contributed by atoms with Crippen molar-refractivity contribution < 1.29 is 17.9 Å². The first-order valence-corrected chi connectivity index (χ1v) is 9.52. The first-order valence-electron chi connectivity index (χ1n) is 7.70. The fraction of sp³-hybridized carbons (Fsp3) is 0.562. The van der Waals surface area contributed by atoms with E-state index in [0.717, 1.165) is 12.8 Å². The smallest absolute Gasteiger partial charge is 0.309 e. The van der Waals surface area contributed by atoms with Gasteiger partial charge in [-0.2, -0.15) is 0 Å². The standard InChI is InChI=1S/C16H21NO4S/c18-16(15-11-13-3-1-2-4-14(13)12-15)21-8-5-17-6-9-22(19,20)10-7-17/h1-4,15H,5-12H2. The fourth-order valence-electron chi connectivity index (χ4n) is 3.09. The number of hydrogen-bond acceptors (Lipinski definition) is 5. The monoisotopic (exact) mass is 323 g/mol. The summed E-state index contributed by atoms with van der Waals surface area (Å²) in [5.41, 5.74) is 2.48. The van der Waals surface area contributed by atoms with Crippen LogP contribution in [0.25, 0.3) is 0 Å². The van der Waals surface area contributed by atoms with Crippen LogP contribution < -0.4 is 0 Å². The Kier molecular flexibility index (Phi) is 4.49. The summed E-state index contributed by atoms with van der Waals surface area (Å²) in [7, 11) is -2.85. The van der Waals surface area contributed by atoms with Gasteiger partial charge < -0.3 is 4.74 Å². The maximum absolute atomic E-state index is 12.1. The highest BCUT2D eigenvalue weighted by molar-refractivity contribution is 7.91. The first kappa shape index (κ1) is 15.5. The molecule has 1 fully saturated rings. The molecule has 1 saturated heterocycles. The largest absolute Gasteiger partial charge is 0.464 e. The lowest BCUT2D eigenvalue weighted by Crippen LogP contribution is -2.42. The summed E-state index contributed by atoms with van der Waals surface area (Å²) in [6.45, 7) is 2.02. The molecule has 1 aliphatic carbocycles. The van der Waals surface area contributed by atoms with E-state index in [1.54, 1.807) is 0 Å². The molecule has 0 unspecified atom stereocenters. The van der Waals surface area contributed by atoms with Gasteiger partial charge in [-0.15, -0.1) is 0 Å². The number of ether oxygens (including phenoxy) is 1. The number of nitrogens with zero attached hydrogens (tertiary/aromatic N) is 1. The van der Waals surface area contributed by atoms with Gasteiger partial charge in [0.05, 0.1) is 17.4 Å². The van der Waals surface area contributed by atoms with Crippen molar-refractivity contribution in [1.29, 1.82) is 0 Å². The second-order valence-electron chi connectivity index (χ2n) is 6.03. The van der Waals surface area contributed by atoms with Crippen molar-refractivity contribution in [2.75, 3.05) is 37.7 Å². The lowest BCUT2D eigenvalue weighted by molar-refractivity contribution is -0.148. The van der Waals surface area contributed by atoms with Gasteiger partial charge in [0, 0.05) is 19.6 Å². The average Bonchev–Trinajstić information content (AvgIpc) is 2.93. The van der Waals surface area contributed by atoms with E-state index >= 15 is 0 Å². The van der Waals surface area contributed by atoms with Gasteiger partial charge in [0.25, 0.3) is 0 Å². The third-order valence-corrected chi connectivity index (χ3v) is 6.08. The summed E-state index contributed by atoms with van der Waals surface area (Å²) in [5.74, 6) is 0.206. The molecule has 120 valence electrons. The molecule has 1 aromatic carbocycles. The molecule has 22 heavy (non-hydrogen) atoms. The average molecular weight is 323 g/mol. The number of carbonyl (C=O) groups excluding carboxylic acids is 1. The van der Waals surface area contributed by atoms with Crippen molar-refractivity contribution in [3.8, 4) is 0 Å². The molecular formula is C16H21NO4S. The fourth-order valence-corrected chi connectivity index (χ4v) is 4.37. The zero-order valence-corrected chi connectivity index (χ0v) is 13.3. The molecule has 5 nitrogen and oxygen atoms in total. The van der Waals surface area contributed by atoms with E-state index in [4.69, 9.17) is 4.74 Å². The molecule has 6 heteroatoms. The lowest BCUT2D eigenvalue weighted by Gasteiger charge is -2.26. The molecule has 0 N–H and O–H groups in total. The predicted octanol–water partition coefficient (Wildman–Crippen LogP) is 0.675. The van der Waals surface area contributed by atoms with E-state index in [2.05, 4.69) is 12.1 Å². The minimum Gasteiger partial charge on any atom is -0.464 e. The van der Waals surface area contributed by atoms with Crippen LogP contribution in [0.5, 0.6) is 0 Å². The van der Waals surface area contributed by atoms with Crippen LogP contribution in [0.1, 0.15) is 11.1 Å².